The first-order valence-electron chi connectivity index (χ1n) is 9.35. The van der Waals surface area contributed by atoms with Crippen LogP contribution in [0.2, 0.25) is 0 Å². The molecule has 4 aromatic rings. The van der Waals surface area contributed by atoms with Gasteiger partial charge in [-0.05, 0) is 29.3 Å². The van der Waals surface area contributed by atoms with Gasteiger partial charge in [-0.25, -0.2) is 4.39 Å². The summed E-state index contributed by atoms with van der Waals surface area (Å²) in [6.45, 7) is 0.384. The highest BCUT2D eigenvalue weighted by Gasteiger charge is 2.20. The third-order valence-corrected chi connectivity index (χ3v) is 6.08. The predicted octanol–water partition coefficient (Wildman–Crippen LogP) is 3.97. The molecule has 2 N–H and O–H groups in total. The minimum Gasteiger partial charge on any atom is -0.506 e. The molecule has 0 spiro atoms. The molecule has 0 saturated carbocycles. The number of aromatic hydroxyl groups is 1. The Balaban J connectivity index is 1.66. The number of hydrogen-bond acceptors (Lipinski definition) is 4. The van der Waals surface area contributed by atoms with Crippen molar-refractivity contribution in [3.05, 3.63) is 98.4 Å². The van der Waals surface area contributed by atoms with Crippen LogP contribution in [-0.2, 0) is 20.0 Å². The number of rotatable bonds is 5. The molecule has 0 bridgehead atoms. The molecular weight excluding hydrogens is 403 g/mol. The summed E-state index contributed by atoms with van der Waals surface area (Å²) >= 11 is 1.14. The largest absolute Gasteiger partial charge is 0.506 e. The standard InChI is InChI=1S/C23H19FN2O3S/c1-26-18-12-19(22(28)25-13-15-5-3-2-4-6-15)30-21(18)20(27)17(23(26)29)11-14-7-9-16(24)10-8-14/h2-10,12,27H,11,13H2,1H3,(H,25,28). The van der Waals surface area contributed by atoms with Crippen molar-refractivity contribution in [1.29, 1.82) is 0 Å². The van der Waals surface area contributed by atoms with E-state index in [0.717, 1.165) is 16.9 Å². The number of pyridine rings is 1. The van der Waals surface area contributed by atoms with Crippen molar-refractivity contribution in [1.82, 2.24) is 9.88 Å². The number of benzene rings is 2. The third-order valence-electron chi connectivity index (χ3n) is 4.95. The van der Waals surface area contributed by atoms with Gasteiger partial charge < -0.3 is 15.0 Å². The Hall–Kier alpha value is -3.45. The maximum atomic E-state index is 13.2. The van der Waals surface area contributed by atoms with Crippen LogP contribution in [0.3, 0.4) is 0 Å². The van der Waals surface area contributed by atoms with Crippen LogP contribution in [0.5, 0.6) is 5.75 Å². The molecule has 1 amide bonds. The molecule has 2 aromatic heterocycles. The lowest BCUT2D eigenvalue weighted by atomic mass is 10.1. The van der Waals surface area contributed by atoms with Gasteiger partial charge in [0.25, 0.3) is 11.5 Å². The van der Waals surface area contributed by atoms with Crippen LogP contribution in [0.1, 0.15) is 26.4 Å². The highest BCUT2D eigenvalue weighted by atomic mass is 32.1. The molecule has 0 unspecified atom stereocenters. The van der Waals surface area contributed by atoms with Crippen molar-refractivity contribution >= 4 is 27.5 Å². The van der Waals surface area contributed by atoms with E-state index in [-0.39, 0.29) is 35.0 Å². The Morgan fingerprint density at radius 2 is 1.80 bits per heavy atom. The van der Waals surface area contributed by atoms with E-state index < -0.39 is 0 Å². The number of aryl methyl sites for hydroxylation is 1. The fourth-order valence-corrected chi connectivity index (χ4v) is 4.37. The number of nitrogens with one attached hydrogen (secondary N) is 1. The van der Waals surface area contributed by atoms with E-state index in [4.69, 9.17) is 0 Å². The molecular formula is C23H19FN2O3S. The van der Waals surface area contributed by atoms with E-state index in [1.807, 2.05) is 30.3 Å². The topological polar surface area (TPSA) is 71.3 Å². The van der Waals surface area contributed by atoms with Gasteiger partial charge in [0.05, 0.1) is 20.7 Å². The van der Waals surface area contributed by atoms with Crippen LogP contribution in [-0.4, -0.2) is 15.6 Å². The van der Waals surface area contributed by atoms with E-state index >= 15 is 0 Å². The van der Waals surface area contributed by atoms with E-state index in [9.17, 15) is 19.1 Å². The summed E-state index contributed by atoms with van der Waals surface area (Å²) in [5.74, 6) is -0.771. The number of halogens is 1. The molecule has 0 aliphatic heterocycles. The summed E-state index contributed by atoms with van der Waals surface area (Å²) in [6.07, 6.45) is 0.169. The second-order valence-electron chi connectivity index (χ2n) is 6.99. The maximum Gasteiger partial charge on any atom is 0.261 e. The first kappa shape index (κ1) is 19.8. The smallest absolute Gasteiger partial charge is 0.261 e. The fourth-order valence-electron chi connectivity index (χ4n) is 3.29. The summed E-state index contributed by atoms with van der Waals surface area (Å²) in [5, 5.41) is 13.6. The number of amides is 1. The monoisotopic (exact) mass is 422 g/mol. The van der Waals surface area contributed by atoms with Crippen LogP contribution in [0.4, 0.5) is 4.39 Å². The molecule has 4 rings (SSSR count). The van der Waals surface area contributed by atoms with Gasteiger partial charge in [0.2, 0.25) is 0 Å². The molecule has 152 valence electrons. The van der Waals surface area contributed by atoms with Crippen molar-refractivity contribution in [2.45, 2.75) is 13.0 Å². The Labute approximate surface area is 176 Å². The van der Waals surface area contributed by atoms with Crippen LogP contribution in [0.25, 0.3) is 10.2 Å². The average Bonchev–Trinajstić information content (AvgIpc) is 3.21. The number of thiophene rings is 1. The number of aromatic nitrogens is 1. The lowest BCUT2D eigenvalue weighted by Crippen LogP contribution is -2.22. The number of carbonyl (C=O) groups is 1. The van der Waals surface area contributed by atoms with Crippen molar-refractivity contribution in [3.63, 3.8) is 0 Å². The summed E-state index contributed by atoms with van der Waals surface area (Å²) < 4.78 is 15.1. The number of nitrogens with zero attached hydrogens (tertiary/aromatic N) is 1. The normalized spacial score (nSPS) is 11.0. The van der Waals surface area contributed by atoms with E-state index in [1.165, 1.54) is 16.7 Å². The minimum atomic E-state index is -0.365. The number of hydrogen-bond donors (Lipinski definition) is 2. The van der Waals surface area contributed by atoms with Crippen molar-refractivity contribution in [2.75, 3.05) is 0 Å². The molecule has 0 aliphatic rings. The van der Waals surface area contributed by atoms with Gasteiger partial charge in [0, 0.05) is 20.0 Å². The first-order valence-corrected chi connectivity index (χ1v) is 10.2. The molecule has 0 atom stereocenters. The van der Waals surface area contributed by atoms with Gasteiger partial charge in [-0.2, -0.15) is 0 Å². The summed E-state index contributed by atoms with van der Waals surface area (Å²) in [7, 11) is 1.61. The molecule has 5 nitrogen and oxygen atoms in total. The van der Waals surface area contributed by atoms with Crippen LogP contribution in [0, 0.1) is 5.82 Å². The highest BCUT2D eigenvalue weighted by molar-refractivity contribution is 7.21. The molecule has 2 heterocycles. The van der Waals surface area contributed by atoms with Crippen molar-refractivity contribution in [3.8, 4) is 5.75 Å². The fraction of sp³-hybridized carbons (Fsp3) is 0.130. The van der Waals surface area contributed by atoms with Gasteiger partial charge >= 0.3 is 0 Å². The second kappa shape index (κ2) is 8.12. The Kier molecular flexibility index (Phi) is 5.37. The zero-order valence-electron chi connectivity index (χ0n) is 16.2. The zero-order chi connectivity index (χ0) is 21.3. The Morgan fingerprint density at radius 3 is 2.50 bits per heavy atom. The maximum absolute atomic E-state index is 13.2. The predicted molar refractivity (Wildman–Crippen MR) is 116 cm³/mol. The van der Waals surface area contributed by atoms with E-state index in [0.29, 0.717) is 27.2 Å². The van der Waals surface area contributed by atoms with Crippen molar-refractivity contribution < 1.29 is 14.3 Å². The Bertz CT molecular complexity index is 1280. The van der Waals surface area contributed by atoms with Gasteiger partial charge in [0.1, 0.15) is 11.6 Å². The third kappa shape index (κ3) is 3.84. The van der Waals surface area contributed by atoms with Gasteiger partial charge in [-0.3, -0.25) is 9.59 Å². The number of carbonyl (C=O) groups excluding carboxylic acids is 1. The molecule has 0 fully saturated rings. The second-order valence-corrected chi connectivity index (χ2v) is 8.04. The molecule has 0 saturated heterocycles. The highest BCUT2D eigenvalue weighted by Crippen LogP contribution is 2.34. The van der Waals surface area contributed by atoms with Crippen LogP contribution >= 0.6 is 11.3 Å². The molecule has 30 heavy (non-hydrogen) atoms. The Morgan fingerprint density at radius 1 is 1.10 bits per heavy atom. The lowest BCUT2D eigenvalue weighted by Gasteiger charge is -2.09. The van der Waals surface area contributed by atoms with Gasteiger partial charge in [0.15, 0.2) is 0 Å². The van der Waals surface area contributed by atoms with Gasteiger partial charge in [-0.15, -0.1) is 11.3 Å². The summed E-state index contributed by atoms with van der Waals surface area (Å²) in [6, 6.07) is 16.9. The molecule has 0 aliphatic carbocycles. The summed E-state index contributed by atoms with van der Waals surface area (Å²) in [4.78, 5) is 25.8. The molecule has 7 heteroatoms. The number of fused-ring (bicyclic) bond motifs is 1. The summed E-state index contributed by atoms with van der Waals surface area (Å²) in [5.41, 5.74) is 2.05. The molecule has 0 radical (unpaired) electrons. The van der Waals surface area contributed by atoms with Crippen molar-refractivity contribution in [2.24, 2.45) is 7.05 Å². The zero-order valence-corrected chi connectivity index (χ0v) is 17.0. The van der Waals surface area contributed by atoms with Gasteiger partial charge in [-0.1, -0.05) is 42.5 Å². The van der Waals surface area contributed by atoms with Crippen LogP contribution in [0.15, 0.2) is 65.5 Å². The average molecular weight is 422 g/mol. The SMILES string of the molecule is Cn1c(=O)c(Cc2ccc(F)cc2)c(O)c2sc(C(=O)NCc3ccccc3)cc21. The minimum absolute atomic E-state index is 0.135. The van der Waals surface area contributed by atoms with E-state index in [1.54, 1.807) is 25.2 Å². The van der Waals surface area contributed by atoms with E-state index in [2.05, 4.69) is 5.32 Å². The first-order chi connectivity index (χ1) is 14.4. The quantitative estimate of drug-likeness (QED) is 0.511. The van der Waals surface area contributed by atoms with Crippen LogP contribution < -0.4 is 10.9 Å². The lowest BCUT2D eigenvalue weighted by molar-refractivity contribution is 0.0955. The molecule has 2 aromatic carbocycles.